The summed E-state index contributed by atoms with van der Waals surface area (Å²) < 4.78 is 17.7. The second-order valence-electron chi connectivity index (χ2n) is 5.50. The van der Waals surface area contributed by atoms with Crippen molar-refractivity contribution in [2.75, 3.05) is 17.7 Å². The van der Waals surface area contributed by atoms with Gasteiger partial charge in [0.25, 0.3) is 0 Å². The van der Waals surface area contributed by atoms with Gasteiger partial charge in [-0.2, -0.15) is 9.97 Å². The van der Waals surface area contributed by atoms with E-state index in [0.29, 0.717) is 23.9 Å². The molecule has 1 unspecified atom stereocenters. The number of aromatic nitrogens is 2. The maximum atomic E-state index is 12.0. The number of ether oxygens (including phenoxy) is 1. The molecule has 0 fully saturated rings. The molecule has 126 valence electrons. The van der Waals surface area contributed by atoms with Crippen LogP contribution in [-0.4, -0.2) is 32.8 Å². The molecule has 0 aliphatic carbocycles. The monoisotopic (exact) mass is 345 g/mol. The average Bonchev–Trinajstić information content (AvgIpc) is 2.62. The summed E-state index contributed by atoms with van der Waals surface area (Å²) in [6, 6.07) is 7.42. The van der Waals surface area contributed by atoms with E-state index in [0.717, 1.165) is 36.3 Å². The topological polar surface area (TPSA) is 87.2 Å². The van der Waals surface area contributed by atoms with E-state index in [1.807, 2.05) is 18.2 Å². The summed E-state index contributed by atoms with van der Waals surface area (Å²) in [6.45, 7) is 0.567. The van der Waals surface area contributed by atoms with Gasteiger partial charge in [0.05, 0.1) is 6.61 Å². The number of hydrogen-bond donors (Lipinski definition) is 1. The van der Waals surface area contributed by atoms with E-state index in [9.17, 15) is 9.35 Å². The second-order valence-corrected chi connectivity index (χ2v) is 6.97. The molecule has 7 heteroatoms. The minimum absolute atomic E-state index is 0.0616. The molecule has 1 atom stereocenters. The predicted octanol–water partition coefficient (Wildman–Crippen LogP) is 2.33. The van der Waals surface area contributed by atoms with Gasteiger partial charge in [0, 0.05) is 35.7 Å². The highest BCUT2D eigenvalue weighted by Gasteiger charge is 2.15. The zero-order chi connectivity index (χ0) is 16.8. The molecule has 1 aromatic carbocycles. The number of benzene rings is 1. The first-order valence-electron chi connectivity index (χ1n) is 7.93. The van der Waals surface area contributed by atoms with Crippen LogP contribution >= 0.6 is 0 Å². The molecular weight excluding hydrogens is 326 g/mol. The van der Waals surface area contributed by atoms with Crippen LogP contribution in [0.3, 0.4) is 0 Å². The molecule has 0 bridgehead atoms. The molecular formula is C17H19N3O3S. The van der Waals surface area contributed by atoms with Gasteiger partial charge in [-0.3, -0.25) is 4.79 Å². The number of fused-ring (bicyclic) bond motifs is 1. The highest BCUT2D eigenvalue weighted by Crippen LogP contribution is 2.26. The molecule has 2 heterocycles. The number of aryl methyl sites for hydroxylation is 1. The highest BCUT2D eigenvalue weighted by molar-refractivity contribution is 7.91. The van der Waals surface area contributed by atoms with Crippen LogP contribution in [0.15, 0.2) is 41.8 Å². The Morgan fingerprint density at radius 2 is 2.04 bits per heavy atom. The fraction of sp³-hybridized carbons (Fsp3) is 0.353. The summed E-state index contributed by atoms with van der Waals surface area (Å²) in [5.41, 5.74) is 1.98. The highest BCUT2D eigenvalue weighted by atomic mass is 32.2. The Kier molecular flexibility index (Phi) is 5.66. The summed E-state index contributed by atoms with van der Waals surface area (Å²) >= 11 is -1.15. The first kappa shape index (κ1) is 16.7. The van der Waals surface area contributed by atoms with Crippen molar-refractivity contribution in [2.45, 2.75) is 30.8 Å². The van der Waals surface area contributed by atoms with Crippen LogP contribution in [0, 0.1) is 0 Å². The van der Waals surface area contributed by atoms with Crippen molar-refractivity contribution in [1.82, 2.24) is 9.97 Å². The largest absolute Gasteiger partial charge is 0.609 e. The maximum Gasteiger partial charge on any atom is 0.342 e. The van der Waals surface area contributed by atoms with Crippen LogP contribution < -0.4 is 10.1 Å². The minimum atomic E-state index is -1.15. The number of nitrogens with zero attached hydrogens (tertiary/aromatic N) is 2. The van der Waals surface area contributed by atoms with Gasteiger partial charge in [-0.05, 0) is 49.1 Å². The van der Waals surface area contributed by atoms with E-state index in [1.165, 1.54) is 0 Å². The van der Waals surface area contributed by atoms with Gasteiger partial charge in [-0.15, -0.1) is 0 Å². The van der Waals surface area contributed by atoms with Crippen LogP contribution in [0.2, 0.25) is 0 Å². The van der Waals surface area contributed by atoms with E-state index in [1.54, 1.807) is 18.5 Å². The summed E-state index contributed by atoms with van der Waals surface area (Å²) in [5, 5.41) is 3.24. The van der Waals surface area contributed by atoms with E-state index in [-0.39, 0.29) is 5.91 Å². The Labute approximate surface area is 143 Å². The second kappa shape index (κ2) is 8.12. The number of hydrogen-bond acceptors (Lipinski definition) is 5. The van der Waals surface area contributed by atoms with Crippen molar-refractivity contribution in [3.63, 3.8) is 0 Å². The zero-order valence-corrected chi connectivity index (χ0v) is 14.1. The molecule has 2 aromatic rings. The third kappa shape index (κ3) is 4.46. The summed E-state index contributed by atoms with van der Waals surface area (Å²) in [5.74, 6) is 1.40. The molecule has 0 radical (unpaired) electrons. The van der Waals surface area contributed by atoms with Gasteiger partial charge in [0.2, 0.25) is 5.91 Å². The summed E-state index contributed by atoms with van der Waals surface area (Å²) in [4.78, 5) is 19.3. The van der Waals surface area contributed by atoms with Crippen molar-refractivity contribution in [2.24, 2.45) is 0 Å². The number of anilines is 1. The van der Waals surface area contributed by atoms with Gasteiger partial charge >= 0.3 is 5.16 Å². The zero-order valence-electron chi connectivity index (χ0n) is 13.2. The van der Waals surface area contributed by atoms with Crippen molar-refractivity contribution < 1.29 is 14.1 Å². The third-order valence-electron chi connectivity index (χ3n) is 3.71. The van der Waals surface area contributed by atoms with Crippen molar-refractivity contribution in [3.8, 4) is 5.75 Å². The maximum absolute atomic E-state index is 12.0. The Morgan fingerprint density at radius 1 is 1.21 bits per heavy atom. The van der Waals surface area contributed by atoms with Gasteiger partial charge in [0.15, 0.2) is 0 Å². The van der Waals surface area contributed by atoms with Gasteiger partial charge < -0.3 is 14.6 Å². The molecule has 0 saturated carbocycles. The first-order valence-corrected chi connectivity index (χ1v) is 9.25. The molecule has 24 heavy (non-hydrogen) atoms. The molecule has 6 nitrogen and oxygen atoms in total. The Balaban J connectivity index is 1.40. The summed E-state index contributed by atoms with van der Waals surface area (Å²) in [6.07, 6.45) is 6.06. The fourth-order valence-corrected chi connectivity index (χ4v) is 3.47. The van der Waals surface area contributed by atoms with E-state index >= 15 is 0 Å². The van der Waals surface area contributed by atoms with Crippen LogP contribution in [0.25, 0.3) is 0 Å². The predicted molar refractivity (Wildman–Crippen MR) is 91.4 cm³/mol. The molecule has 1 aromatic heterocycles. The number of nitrogens with one attached hydrogen (secondary N) is 1. The van der Waals surface area contributed by atoms with Gasteiger partial charge in [-0.25, -0.2) is 0 Å². The van der Waals surface area contributed by atoms with Crippen molar-refractivity contribution in [1.29, 1.82) is 0 Å². The lowest BCUT2D eigenvalue weighted by molar-refractivity contribution is -0.116. The molecule has 0 saturated heterocycles. The quantitative estimate of drug-likeness (QED) is 0.473. The Morgan fingerprint density at radius 3 is 2.88 bits per heavy atom. The molecule has 1 amide bonds. The standard InChI is InChI=1S/C17H19N3O3S/c21-16-7-4-13-12-14(5-6-15(13)20-16)23-10-1-2-11-24(22)17-18-8-3-9-19-17/h3,5-6,8-9,12H,1-2,4,7,10-11H2,(H,20,21). The summed E-state index contributed by atoms with van der Waals surface area (Å²) in [7, 11) is 0. The minimum Gasteiger partial charge on any atom is -0.609 e. The number of carbonyl (C=O) groups excluding carboxylic acids is 1. The average molecular weight is 345 g/mol. The first-order chi connectivity index (χ1) is 11.7. The third-order valence-corrected chi connectivity index (χ3v) is 4.99. The molecule has 0 spiro atoms. The van der Waals surface area contributed by atoms with Crippen LogP contribution in [-0.2, 0) is 22.4 Å². The van der Waals surface area contributed by atoms with Crippen LogP contribution in [0.1, 0.15) is 24.8 Å². The Hall–Kier alpha value is -2.12. The van der Waals surface area contributed by atoms with E-state index in [4.69, 9.17) is 4.74 Å². The molecule has 1 N–H and O–H groups in total. The van der Waals surface area contributed by atoms with Gasteiger partial charge in [0.1, 0.15) is 11.5 Å². The van der Waals surface area contributed by atoms with Crippen molar-refractivity contribution in [3.05, 3.63) is 42.2 Å². The number of rotatable bonds is 7. The van der Waals surface area contributed by atoms with Crippen LogP contribution in [0.5, 0.6) is 5.75 Å². The van der Waals surface area contributed by atoms with E-state index in [2.05, 4.69) is 15.3 Å². The molecule has 1 aliphatic rings. The fourth-order valence-electron chi connectivity index (χ4n) is 2.47. The Bertz CT molecular complexity index is 697. The SMILES string of the molecule is O=C1CCc2cc(OCCCC[S+]([O-])c3ncccn3)ccc2N1. The van der Waals surface area contributed by atoms with Crippen molar-refractivity contribution >= 4 is 22.8 Å². The normalized spacial score (nSPS) is 14.6. The lowest BCUT2D eigenvalue weighted by atomic mass is 10.0. The molecule has 1 aliphatic heterocycles. The lowest BCUT2D eigenvalue weighted by Crippen LogP contribution is -2.18. The van der Waals surface area contributed by atoms with Gasteiger partial charge in [-0.1, -0.05) is 0 Å². The number of carbonyl (C=O) groups is 1. The smallest absolute Gasteiger partial charge is 0.342 e. The lowest BCUT2D eigenvalue weighted by Gasteiger charge is -2.17. The van der Waals surface area contributed by atoms with E-state index < -0.39 is 11.2 Å². The van der Waals surface area contributed by atoms with Crippen LogP contribution in [0.4, 0.5) is 5.69 Å². The molecule has 3 rings (SSSR count). The number of unbranched alkanes of at least 4 members (excludes halogenated alkanes) is 1. The number of amides is 1.